The van der Waals surface area contributed by atoms with Crippen LogP contribution in [-0.4, -0.2) is 61.7 Å². The topological polar surface area (TPSA) is 42.0 Å². The Balaban J connectivity index is 1.32. The maximum atomic E-state index is 14.6. The fourth-order valence-corrected chi connectivity index (χ4v) is 8.40. The van der Waals surface area contributed by atoms with Gasteiger partial charge < -0.3 is 19.3 Å². The van der Waals surface area contributed by atoms with Crippen molar-refractivity contribution in [2.45, 2.75) is 87.3 Å². The van der Waals surface area contributed by atoms with Crippen molar-refractivity contribution in [3.05, 3.63) is 70.8 Å². The third-order valence-electron chi connectivity index (χ3n) is 11.1. The second-order valence-corrected chi connectivity index (χ2v) is 13.4. The fraction of sp³-hybridized carbons (Fsp3) is 0.618. The highest BCUT2D eigenvalue weighted by molar-refractivity contribution is 5.88. The summed E-state index contributed by atoms with van der Waals surface area (Å²) in [7, 11) is 1.19. The molecule has 1 spiro atoms. The first-order chi connectivity index (χ1) is 21.3. The summed E-state index contributed by atoms with van der Waals surface area (Å²) >= 11 is 0. The highest BCUT2D eigenvalue weighted by atomic mass is 19.4. The highest BCUT2D eigenvalue weighted by Crippen LogP contribution is 2.50. The zero-order valence-electron chi connectivity index (χ0n) is 25.5. The molecule has 1 atom stereocenters. The van der Waals surface area contributed by atoms with Crippen LogP contribution >= 0.6 is 0 Å². The van der Waals surface area contributed by atoms with E-state index in [-0.39, 0.29) is 17.9 Å². The van der Waals surface area contributed by atoms with Gasteiger partial charge in [-0.2, -0.15) is 26.3 Å². The first-order valence-corrected chi connectivity index (χ1v) is 15.9. The van der Waals surface area contributed by atoms with Crippen molar-refractivity contribution < 1.29 is 40.6 Å². The summed E-state index contributed by atoms with van der Waals surface area (Å²) in [4.78, 5) is 18.9. The molecule has 4 aliphatic rings. The fourth-order valence-electron chi connectivity index (χ4n) is 8.40. The number of carbonyl (C=O) groups excluding carboxylic acids is 1. The first kappa shape index (κ1) is 32.3. The SMILES string of the molecule is COC1(c2cc(C(F)(F)F)cc(C(F)(F)F)c2)CCCN([C@]2(c3ccccc3)CC[C@@H](N3CCC4(CCOC4)CC3)CC2)C1=O. The molecule has 1 amide bonds. The molecule has 2 aromatic carbocycles. The predicted octanol–water partition coefficient (Wildman–Crippen LogP) is 7.53. The van der Waals surface area contributed by atoms with Crippen LogP contribution in [0.15, 0.2) is 48.5 Å². The molecule has 0 aromatic heterocycles. The molecule has 5 nitrogen and oxygen atoms in total. The summed E-state index contributed by atoms with van der Waals surface area (Å²) in [5.41, 5.74) is -4.87. The number of carbonyl (C=O) groups is 1. The van der Waals surface area contributed by atoms with Gasteiger partial charge in [-0.25, -0.2) is 0 Å². The Morgan fingerprint density at radius 2 is 1.42 bits per heavy atom. The van der Waals surface area contributed by atoms with Gasteiger partial charge in [-0.05, 0) is 106 Å². The number of amides is 1. The van der Waals surface area contributed by atoms with Gasteiger partial charge >= 0.3 is 12.4 Å². The van der Waals surface area contributed by atoms with Gasteiger partial charge in [0.05, 0.1) is 23.3 Å². The zero-order chi connectivity index (χ0) is 32.1. The van der Waals surface area contributed by atoms with Gasteiger partial charge in [-0.3, -0.25) is 4.79 Å². The van der Waals surface area contributed by atoms with E-state index in [0.717, 1.165) is 64.0 Å². The molecular formula is C34H40F6N2O3. The number of benzene rings is 2. The Kier molecular flexibility index (Phi) is 8.52. The van der Waals surface area contributed by atoms with Crippen molar-refractivity contribution in [1.29, 1.82) is 0 Å². The van der Waals surface area contributed by atoms with Crippen LogP contribution in [0, 0.1) is 5.41 Å². The molecular weight excluding hydrogens is 598 g/mol. The second kappa shape index (κ2) is 11.9. The van der Waals surface area contributed by atoms with Gasteiger partial charge in [0, 0.05) is 26.3 Å². The molecule has 6 rings (SSSR count). The minimum absolute atomic E-state index is 0.0236. The molecule has 3 aliphatic heterocycles. The Hall–Kier alpha value is -2.63. The van der Waals surface area contributed by atoms with E-state index >= 15 is 0 Å². The lowest BCUT2D eigenvalue weighted by atomic mass is 9.70. The van der Waals surface area contributed by atoms with E-state index in [1.165, 1.54) is 7.11 Å². The van der Waals surface area contributed by atoms with Crippen LogP contribution in [0.3, 0.4) is 0 Å². The molecule has 1 aliphatic carbocycles. The molecule has 246 valence electrons. The van der Waals surface area contributed by atoms with Crippen molar-refractivity contribution in [3.63, 3.8) is 0 Å². The molecule has 11 heteroatoms. The van der Waals surface area contributed by atoms with Crippen LogP contribution < -0.4 is 0 Å². The molecule has 1 unspecified atom stereocenters. The summed E-state index contributed by atoms with van der Waals surface area (Å²) in [6.07, 6.45) is -3.50. The van der Waals surface area contributed by atoms with Gasteiger partial charge in [-0.15, -0.1) is 0 Å². The van der Waals surface area contributed by atoms with Crippen molar-refractivity contribution in [3.8, 4) is 0 Å². The molecule has 1 saturated carbocycles. The molecule has 4 fully saturated rings. The largest absolute Gasteiger partial charge is 0.416 e. The molecule has 2 aromatic rings. The van der Waals surface area contributed by atoms with E-state index in [0.29, 0.717) is 44.0 Å². The van der Waals surface area contributed by atoms with Gasteiger partial charge in [0.15, 0.2) is 5.60 Å². The maximum Gasteiger partial charge on any atom is 0.416 e. The maximum absolute atomic E-state index is 14.6. The normalized spacial score (nSPS) is 29.8. The average Bonchev–Trinajstić information content (AvgIpc) is 3.49. The Morgan fingerprint density at radius 1 is 0.800 bits per heavy atom. The monoisotopic (exact) mass is 638 g/mol. The van der Waals surface area contributed by atoms with Crippen LogP contribution in [0.5, 0.6) is 0 Å². The van der Waals surface area contributed by atoms with E-state index in [2.05, 4.69) is 4.90 Å². The third kappa shape index (κ3) is 5.89. The number of ether oxygens (including phenoxy) is 2. The number of hydrogen-bond donors (Lipinski definition) is 0. The number of halogens is 6. The summed E-state index contributed by atoms with van der Waals surface area (Å²) in [5, 5.41) is 0. The van der Waals surface area contributed by atoms with Gasteiger partial charge in [0.25, 0.3) is 5.91 Å². The van der Waals surface area contributed by atoms with E-state index in [1.807, 2.05) is 30.3 Å². The smallest absolute Gasteiger partial charge is 0.381 e. The summed E-state index contributed by atoms with van der Waals surface area (Å²) in [5.74, 6) is -0.591. The number of nitrogens with zero attached hydrogens (tertiary/aromatic N) is 2. The molecule has 0 N–H and O–H groups in total. The average molecular weight is 639 g/mol. The first-order valence-electron chi connectivity index (χ1n) is 15.9. The Morgan fingerprint density at radius 3 is 1.96 bits per heavy atom. The molecule has 3 heterocycles. The number of rotatable bonds is 5. The molecule has 0 bridgehead atoms. The van der Waals surface area contributed by atoms with Crippen LogP contribution in [-0.2, 0) is 37.8 Å². The van der Waals surface area contributed by atoms with Crippen molar-refractivity contribution in [2.24, 2.45) is 5.41 Å². The Bertz CT molecular complexity index is 1320. The highest BCUT2D eigenvalue weighted by Gasteiger charge is 2.55. The van der Waals surface area contributed by atoms with E-state index in [9.17, 15) is 31.1 Å². The van der Waals surface area contributed by atoms with Crippen LogP contribution in [0.4, 0.5) is 26.3 Å². The minimum atomic E-state index is -5.04. The lowest BCUT2D eigenvalue weighted by Crippen LogP contribution is -2.61. The minimum Gasteiger partial charge on any atom is -0.381 e. The van der Waals surface area contributed by atoms with Gasteiger partial charge in [0.2, 0.25) is 0 Å². The third-order valence-corrected chi connectivity index (χ3v) is 11.1. The zero-order valence-corrected chi connectivity index (χ0v) is 25.5. The van der Waals surface area contributed by atoms with E-state index in [1.54, 1.807) is 4.90 Å². The van der Waals surface area contributed by atoms with E-state index in [4.69, 9.17) is 9.47 Å². The lowest BCUT2D eigenvalue weighted by molar-refractivity contribution is -0.175. The quantitative estimate of drug-likeness (QED) is 0.318. The standard InChI is InChI=1S/C34H40F6N2O3/c1-44-32(25-20-26(33(35,36)37)22-27(21-25)34(38,39)40)10-5-16-42(29(32)43)31(24-6-3-2-4-7-24)11-8-28(9-12-31)41-17-13-30(14-18-41)15-19-45-23-30/h2-4,6-7,20-22,28H,5,8-19,23H2,1H3/t28-,31-,32?. The van der Waals surface area contributed by atoms with Crippen molar-refractivity contribution in [2.75, 3.05) is 40.0 Å². The van der Waals surface area contributed by atoms with Crippen LogP contribution in [0.2, 0.25) is 0 Å². The number of likely N-dealkylation sites (tertiary alicyclic amines) is 2. The number of piperidine rings is 2. The Labute approximate surface area is 259 Å². The van der Waals surface area contributed by atoms with Crippen molar-refractivity contribution >= 4 is 5.91 Å². The van der Waals surface area contributed by atoms with Gasteiger partial charge in [0.1, 0.15) is 0 Å². The van der Waals surface area contributed by atoms with E-state index < -0.39 is 46.1 Å². The lowest BCUT2D eigenvalue weighted by Gasteiger charge is -2.54. The summed E-state index contributed by atoms with van der Waals surface area (Å²) < 4.78 is 94.5. The summed E-state index contributed by atoms with van der Waals surface area (Å²) in [6, 6.07) is 11.3. The van der Waals surface area contributed by atoms with Crippen LogP contribution in [0.1, 0.15) is 80.0 Å². The molecule has 45 heavy (non-hydrogen) atoms. The molecule has 0 radical (unpaired) electrons. The van der Waals surface area contributed by atoms with Gasteiger partial charge in [-0.1, -0.05) is 30.3 Å². The van der Waals surface area contributed by atoms with Crippen LogP contribution in [0.25, 0.3) is 0 Å². The van der Waals surface area contributed by atoms with Crippen molar-refractivity contribution in [1.82, 2.24) is 9.80 Å². The number of methoxy groups -OCH3 is 1. The number of alkyl halides is 6. The predicted molar refractivity (Wildman–Crippen MR) is 155 cm³/mol. The number of hydrogen-bond acceptors (Lipinski definition) is 4. The second-order valence-electron chi connectivity index (χ2n) is 13.4. The molecule has 3 saturated heterocycles. The summed E-state index contributed by atoms with van der Waals surface area (Å²) in [6.45, 7) is 3.99.